The zero-order valence-electron chi connectivity index (χ0n) is 9.68. The van der Waals surface area contributed by atoms with Gasteiger partial charge in [0.25, 0.3) is 0 Å². The number of hydrazine groups is 1. The fraction of sp³-hybridized carbons (Fsp3) is 0.154. The minimum atomic E-state index is 0.524. The predicted molar refractivity (Wildman–Crippen MR) is 68.0 cm³/mol. The van der Waals surface area contributed by atoms with Crippen molar-refractivity contribution >= 4 is 11.5 Å². The van der Waals surface area contributed by atoms with E-state index in [9.17, 15) is 0 Å². The zero-order valence-corrected chi connectivity index (χ0v) is 9.68. The lowest BCUT2D eigenvalue weighted by Gasteiger charge is -2.02. The Labute approximate surface area is 100 Å². The summed E-state index contributed by atoms with van der Waals surface area (Å²) in [7, 11) is 0. The van der Waals surface area contributed by atoms with Crippen LogP contribution in [0.2, 0.25) is 0 Å². The van der Waals surface area contributed by atoms with Gasteiger partial charge in [-0.3, -0.25) is 0 Å². The number of aryl methyl sites for hydroxylation is 1. The van der Waals surface area contributed by atoms with Crippen molar-refractivity contribution in [3.63, 3.8) is 0 Å². The fourth-order valence-electron chi connectivity index (χ4n) is 1.49. The van der Waals surface area contributed by atoms with Gasteiger partial charge in [0.2, 0.25) is 0 Å². The maximum atomic E-state index is 5.58. The molecule has 1 aromatic heterocycles. The first-order valence-electron chi connectivity index (χ1n) is 5.53. The van der Waals surface area contributed by atoms with E-state index >= 15 is 0 Å². The SMILES string of the molecule is CCc1ccc(C(=Nc2ccccc2)NN)o1. The summed E-state index contributed by atoms with van der Waals surface area (Å²) in [6.45, 7) is 2.03. The highest BCUT2D eigenvalue weighted by Crippen LogP contribution is 2.14. The van der Waals surface area contributed by atoms with Crippen molar-refractivity contribution in [3.8, 4) is 0 Å². The summed E-state index contributed by atoms with van der Waals surface area (Å²) in [5.74, 6) is 7.55. The van der Waals surface area contributed by atoms with Crippen molar-refractivity contribution in [1.82, 2.24) is 5.43 Å². The van der Waals surface area contributed by atoms with Gasteiger partial charge in [-0.05, 0) is 24.3 Å². The number of para-hydroxylation sites is 1. The number of nitrogens with two attached hydrogens (primary N) is 1. The van der Waals surface area contributed by atoms with Gasteiger partial charge in [-0.15, -0.1) is 0 Å². The maximum absolute atomic E-state index is 5.58. The third kappa shape index (κ3) is 2.73. The lowest BCUT2D eigenvalue weighted by atomic mass is 10.3. The van der Waals surface area contributed by atoms with Crippen LogP contribution in [0.5, 0.6) is 0 Å². The Morgan fingerprint density at radius 2 is 2.00 bits per heavy atom. The van der Waals surface area contributed by atoms with Gasteiger partial charge in [-0.1, -0.05) is 25.1 Å². The van der Waals surface area contributed by atoms with Crippen LogP contribution in [0, 0.1) is 0 Å². The normalized spacial score (nSPS) is 11.5. The predicted octanol–water partition coefficient (Wildman–Crippen LogP) is 2.38. The Morgan fingerprint density at radius 3 is 2.59 bits per heavy atom. The van der Waals surface area contributed by atoms with Crippen LogP contribution in [0.1, 0.15) is 18.4 Å². The summed E-state index contributed by atoms with van der Waals surface area (Å²) >= 11 is 0. The number of aliphatic imine (C=N–C) groups is 1. The average molecular weight is 229 g/mol. The van der Waals surface area contributed by atoms with Crippen LogP contribution in [0.4, 0.5) is 5.69 Å². The van der Waals surface area contributed by atoms with Crippen molar-refractivity contribution in [1.29, 1.82) is 0 Å². The molecule has 17 heavy (non-hydrogen) atoms. The topological polar surface area (TPSA) is 63.5 Å². The molecule has 2 aromatic rings. The van der Waals surface area contributed by atoms with Gasteiger partial charge in [0.15, 0.2) is 11.6 Å². The van der Waals surface area contributed by atoms with Crippen LogP contribution < -0.4 is 11.3 Å². The summed E-state index contributed by atoms with van der Waals surface area (Å²) in [6, 6.07) is 13.4. The molecule has 0 aliphatic heterocycles. The van der Waals surface area contributed by atoms with Gasteiger partial charge >= 0.3 is 0 Å². The van der Waals surface area contributed by atoms with Gasteiger partial charge in [-0.25, -0.2) is 10.8 Å². The molecule has 0 aliphatic carbocycles. The van der Waals surface area contributed by atoms with Gasteiger partial charge in [0, 0.05) is 6.42 Å². The van der Waals surface area contributed by atoms with Crippen LogP contribution in [0.3, 0.4) is 0 Å². The largest absolute Gasteiger partial charge is 0.458 e. The highest BCUT2D eigenvalue weighted by molar-refractivity contribution is 5.97. The molecule has 0 fully saturated rings. The Bertz CT molecular complexity index is 502. The highest BCUT2D eigenvalue weighted by Gasteiger charge is 2.07. The standard InChI is InChI=1S/C13H15N3O/c1-2-11-8-9-12(17-11)13(16-14)15-10-6-4-3-5-7-10/h3-9H,2,14H2,1H3,(H,15,16). The lowest BCUT2D eigenvalue weighted by Crippen LogP contribution is -2.30. The van der Waals surface area contributed by atoms with Crippen molar-refractivity contribution in [3.05, 3.63) is 54.0 Å². The number of amidine groups is 1. The molecule has 1 heterocycles. The van der Waals surface area contributed by atoms with E-state index in [2.05, 4.69) is 10.4 Å². The summed E-state index contributed by atoms with van der Waals surface area (Å²) in [4.78, 5) is 4.38. The van der Waals surface area contributed by atoms with E-state index in [1.165, 1.54) is 0 Å². The molecule has 3 N–H and O–H groups in total. The molecule has 0 aliphatic rings. The summed E-state index contributed by atoms with van der Waals surface area (Å²) in [5, 5.41) is 0. The van der Waals surface area contributed by atoms with Gasteiger partial charge in [0.1, 0.15) is 5.76 Å². The van der Waals surface area contributed by atoms with Crippen LogP contribution in [0.25, 0.3) is 0 Å². The van der Waals surface area contributed by atoms with Crippen LogP contribution in [-0.2, 0) is 6.42 Å². The zero-order chi connectivity index (χ0) is 12.1. The molecular weight excluding hydrogens is 214 g/mol. The maximum Gasteiger partial charge on any atom is 0.184 e. The third-order valence-electron chi connectivity index (χ3n) is 2.38. The van der Waals surface area contributed by atoms with Gasteiger partial charge < -0.3 is 9.84 Å². The lowest BCUT2D eigenvalue weighted by molar-refractivity contribution is 0.505. The van der Waals surface area contributed by atoms with Crippen LogP contribution in [-0.4, -0.2) is 5.84 Å². The number of benzene rings is 1. The first-order valence-corrected chi connectivity index (χ1v) is 5.53. The fourth-order valence-corrected chi connectivity index (χ4v) is 1.49. The number of rotatable bonds is 3. The van der Waals surface area contributed by atoms with Crippen LogP contribution >= 0.6 is 0 Å². The second kappa shape index (κ2) is 5.32. The van der Waals surface area contributed by atoms with Crippen molar-refractivity contribution in [2.45, 2.75) is 13.3 Å². The van der Waals surface area contributed by atoms with E-state index in [4.69, 9.17) is 10.3 Å². The van der Waals surface area contributed by atoms with E-state index < -0.39 is 0 Å². The Balaban J connectivity index is 2.30. The molecule has 0 unspecified atom stereocenters. The number of hydrogen-bond acceptors (Lipinski definition) is 3. The molecule has 0 amide bonds. The van der Waals surface area contributed by atoms with Crippen LogP contribution in [0.15, 0.2) is 51.9 Å². The molecule has 0 saturated heterocycles. The summed E-state index contributed by atoms with van der Waals surface area (Å²) in [5.41, 5.74) is 3.39. The number of nitrogens with zero attached hydrogens (tertiary/aromatic N) is 1. The summed E-state index contributed by atoms with van der Waals surface area (Å²) < 4.78 is 5.58. The molecule has 2 rings (SSSR count). The molecule has 0 saturated carbocycles. The Kier molecular flexibility index (Phi) is 3.57. The molecule has 0 radical (unpaired) electrons. The molecular formula is C13H15N3O. The number of nitrogens with one attached hydrogen (secondary N) is 1. The second-order valence-electron chi connectivity index (χ2n) is 3.56. The first kappa shape index (κ1) is 11.4. The Hall–Kier alpha value is -2.07. The van der Waals surface area contributed by atoms with E-state index in [1.54, 1.807) is 0 Å². The monoisotopic (exact) mass is 229 g/mol. The average Bonchev–Trinajstić information content (AvgIpc) is 2.86. The van der Waals surface area contributed by atoms with E-state index in [0.717, 1.165) is 17.9 Å². The highest BCUT2D eigenvalue weighted by atomic mass is 16.3. The van der Waals surface area contributed by atoms with Gasteiger partial charge in [-0.2, -0.15) is 0 Å². The number of hydrogen-bond donors (Lipinski definition) is 2. The Morgan fingerprint density at radius 1 is 1.24 bits per heavy atom. The molecule has 4 heteroatoms. The van der Waals surface area contributed by atoms with Gasteiger partial charge in [0.05, 0.1) is 5.69 Å². The molecule has 0 spiro atoms. The van der Waals surface area contributed by atoms with Crippen molar-refractivity contribution in [2.24, 2.45) is 10.8 Å². The van der Waals surface area contributed by atoms with E-state index in [0.29, 0.717) is 11.6 Å². The second-order valence-corrected chi connectivity index (χ2v) is 3.56. The minimum Gasteiger partial charge on any atom is -0.458 e. The number of furan rings is 1. The summed E-state index contributed by atoms with van der Waals surface area (Å²) in [6.07, 6.45) is 0.850. The smallest absolute Gasteiger partial charge is 0.184 e. The molecule has 88 valence electrons. The third-order valence-corrected chi connectivity index (χ3v) is 2.38. The molecule has 4 nitrogen and oxygen atoms in total. The van der Waals surface area contributed by atoms with Crippen molar-refractivity contribution < 1.29 is 4.42 Å². The molecule has 1 aromatic carbocycles. The first-order chi connectivity index (χ1) is 8.33. The molecule has 0 atom stereocenters. The quantitative estimate of drug-likeness (QED) is 0.367. The van der Waals surface area contributed by atoms with E-state index in [-0.39, 0.29) is 0 Å². The van der Waals surface area contributed by atoms with Crippen molar-refractivity contribution in [2.75, 3.05) is 0 Å². The van der Waals surface area contributed by atoms with E-state index in [1.807, 2.05) is 49.4 Å². The minimum absolute atomic E-state index is 0.524. The molecule has 0 bridgehead atoms.